The lowest BCUT2D eigenvalue weighted by atomic mass is 10.2. The number of nitrogens with zero attached hydrogens (tertiary/aromatic N) is 2. The van der Waals surface area contributed by atoms with Gasteiger partial charge >= 0.3 is 6.18 Å². The number of aromatic nitrogens is 2. The van der Waals surface area contributed by atoms with Gasteiger partial charge in [-0.1, -0.05) is 29.8 Å². The molecule has 0 spiro atoms. The van der Waals surface area contributed by atoms with E-state index in [2.05, 4.69) is 10.3 Å². The number of halogens is 4. The number of thiazole rings is 1. The van der Waals surface area contributed by atoms with Gasteiger partial charge in [-0.3, -0.25) is 9.20 Å². The first-order chi connectivity index (χ1) is 13.8. The molecule has 2 aromatic heterocycles. The third-order valence-electron chi connectivity index (χ3n) is 4.24. The molecule has 0 aliphatic heterocycles. The van der Waals surface area contributed by atoms with Crippen LogP contribution in [0.1, 0.15) is 11.3 Å². The van der Waals surface area contributed by atoms with Gasteiger partial charge in [-0.05, 0) is 30.3 Å². The summed E-state index contributed by atoms with van der Waals surface area (Å²) in [7, 11) is 0. The largest absolute Gasteiger partial charge is 0.416 e. The van der Waals surface area contributed by atoms with Crippen LogP contribution in [-0.4, -0.2) is 15.3 Å². The zero-order valence-electron chi connectivity index (χ0n) is 14.7. The summed E-state index contributed by atoms with van der Waals surface area (Å²) in [6.45, 7) is 0. The molecule has 0 atom stereocenters. The van der Waals surface area contributed by atoms with Crippen LogP contribution in [0.2, 0.25) is 5.02 Å². The second-order valence-electron chi connectivity index (χ2n) is 6.32. The molecule has 0 bridgehead atoms. The fourth-order valence-electron chi connectivity index (χ4n) is 2.86. The Bertz CT molecular complexity index is 1180. The molecule has 148 valence electrons. The van der Waals surface area contributed by atoms with E-state index >= 15 is 0 Å². The second kappa shape index (κ2) is 7.53. The summed E-state index contributed by atoms with van der Waals surface area (Å²) < 4.78 is 40.3. The zero-order valence-corrected chi connectivity index (χ0v) is 16.3. The molecular weight excluding hydrogens is 423 g/mol. The molecule has 2 heterocycles. The third kappa shape index (κ3) is 4.28. The molecule has 9 heteroatoms. The summed E-state index contributed by atoms with van der Waals surface area (Å²) in [4.78, 5) is 17.6. The maximum absolute atomic E-state index is 12.8. The molecule has 0 radical (unpaired) electrons. The van der Waals surface area contributed by atoms with Crippen LogP contribution in [0.15, 0.2) is 60.1 Å². The maximum atomic E-state index is 12.8. The van der Waals surface area contributed by atoms with Crippen LogP contribution in [0.25, 0.3) is 16.2 Å². The van der Waals surface area contributed by atoms with Gasteiger partial charge in [-0.2, -0.15) is 13.2 Å². The van der Waals surface area contributed by atoms with Crippen LogP contribution < -0.4 is 5.32 Å². The van der Waals surface area contributed by atoms with Crippen LogP contribution in [0, 0.1) is 0 Å². The maximum Gasteiger partial charge on any atom is 0.416 e. The average Bonchev–Trinajstić information content (AvgIpc) is 3.24. The molecule has 0 saturated carbocycles. The number of nitrogens with one attached hydrogen (secondary N) is 1. The Morgan fingerprint density at radius 3 is 2.66 bits per heavy atom. The smallest absolute Gasteiger partial charge is 0.326 e. The van der Waals surface area contributed by atoms with E-state index in [0.29, 0.717) is 10.7 Å². The van der Waals surface area contributed by atoms with E-state index in [1.165, 1.54) is 23.5 Å². The highest BCUT2D eigenvalue weighted by Crippen LogP contribution is 2.31. The minimum Gasteiger partial charge on any atom is -0.326 e. The normalized spacial score (nSPS) is 11.7. The van der Waals surface area contributed by atoms with Crippen molar-refractivity contribution in [2.75, 3.05) is 5.32 Å². The number of alkyl halides is 3. The standard InChI is InChI=1S/C20H13ClF3N3OS/c21-14-6-4-12(5-7-14)17-10-27-16(11-29-19(27)26-17)9-18(28)25-15-3-1-2-13(8-15)20(22,23)24/h1-8,10-11H,9H2,(H,25,28). The first-order valence-corrected chi connectivity index (χ1v) is 9.74. The van der Waals surface area contributed by atoms with Gasteiger partial charge in [0.15, 0.2) is 4.96 Å². The van der Waals surface area contributed by atoms with E-state index < -0.39 is 17.6 Å². The number of hydrogen-bond acceptors (Lipinski definition) is 3. The fourth-order valence-corrected chi connectivity index (χ4v) is 3.86. The Balaban J connectivity index is 1.52. The number of carbonyl (C=O) groups is 1. The molecule has 4 aromatic rings. The summed E-state index contributed by atoms with van der Waals surface area (Å²) >= 11 is 7.29. The van der Waals surface area contributed by atoms with Crippen molar-refractivity contribution in [1.82, 2.24) is 9.38 Å². The molecule has 4 rings (SSSR count). The van der Waals surface area contributed by atoms with Crippen molar-refractivity contribution in [3.8, 4) is 11.3 Å². The summed E-state index contributed by atoms with van der Waals surface area (Å²) in [6, 6.07) is 11.8. The zero-order chi connectivity index (χ0) is 20.6. The monoisotopic (exact) mass is 435 g/mol. The van der Waals surface area contributed by atoms with Gasteiger partial charge in [0, 0.05) is 33.5 Å². The molecule has 0 unspecified atom stereocenters. The lowest BCUT2D eigenvalue weighted by Crippen LogP contribution is -2.16. The van der Waals surface area contributed by atoms with Crippen LogP contribution in [-0.2, 0) is 17.4 Å². The average molecular weight is 436 g/mol. The van der Waals surface area contributed by atoms with E-state index in [1.807, 2.05) is 18.3 Å². The fraction of sp³-hybridized carbons (Fsp3) is 0.100. The Labute approximate surface area is 172 Å². The topological polar surface area (TPSA) is 46.4 Å². The highest BCUT2D eigenvalue weighted by molar-refractivity contribution is 7.15. The van der Waals surface area contributed by atoms with Crippen LogP contribution in [0.3, 0.4) is 0 Å². The molecule has 2 aromatic carbocycles. The molecular formula is C20H13ClF3N3OS. The molecule has 0 fully saturated rings. The Hall–Kier alpha value is -2.84. The number of rotatable bonds is 4. The number of amides is 1. The predicted molar refractivity (Wildman–Crippen MR) is 107 cm³/mol. The third-order valence-corrected chi connectivity index (χ3v) is 5.38. The Morgan fingerprint density at radius 1 is 1.17 bits per heavy atom. The van der Waals surface area contributed by atoms with Crippen molar-refractivity contribution < 1.29 is 18.0 Å². The van der Waals surface area contributed by atoms with Gasteiger partial charge in [0.25, 0.3) is 0 Å². The number of hydrogen-bond donors (Lipinski definition) is 1. The van der Waals surface area contributed by atoms with Crippen molar-refractivity contribution in [1.29, 1.82) is 0 Å². The van der Waals surface area contributed by atoms with Gasteiger partial charge in [0.2, 0.25) is 5.91 Å². The van der Waals surface area contributed by atoms with Crippen molar-refractivity contribution in [2.24, 2.45) is 0 Å². The number of fused-ring (bicyclic) bond motifs is 1. The Morgan fingerprint density at radius 2 is 1.93 bits per heavy atom. The van der Waals surface area contributed by atoms with Crippen molar-refractivity contribution >= 4 is 39.5 Å². The van der Waals surface area contributed by atoms with Crippen molar-refractivity contribution in [3.63, 3.8) is 0 Å². The number of anilines is 1. The highest BCUT2D eigenvalue weighted by Gasteiger charge is 2.30. The molecule has 0 saturated heterocycles. The SMILES string of the molecule is O=C(Cc1csc2nc(-c3ccc(Cl)cc3)cn12)Nc1cccc(C(F)(F)F)c1. The van der Waals surface area contributed by atoms with E-state index in [4.69, 9.17) is 11.6 Å². The minimum atomic E-state index is -4.46. The summed E-state index contributed by atoms with van der Waals surface area (Å²) in [6.07, 6.45) is -2.64. The Kier molecular flexibility index (Phi) is 5.06. The molecule has 1 N–H and O–H groups in total. The molecule has 1 amide bonds. The van der Waals surface area contributed by atoms with Crippen molar-refractivity contribution in [3.05, 3.63) is 76.4 Å². The van der Waals surface area contributed by atoms with Crippen LogP contribution in [0.4, 0.5) is 18.9 Å². The summed E-state index contributed by atoms with van der Waals surface area (Å²) in [5.41, 5.74) is 1.62. The van der Waals surface area contributed by atoms with Gasteiger partial charge in [0.05, 0.1) is 17.7 Å². The molecule has 29 heavy (non-hydrogen) atoms. The molecule has 4 nitrogen and oxygen atoms in total. The van der Waals surface area contributed by atoms with Crippen LogP contribution >= 0.6 is 22.9 Å². The first kappa shape index (κ1) is 19.5. The van der Waals surface area contributed by atoms with E-state index in [0.717, 1.165) is 28.4 Å². The molecule has 0 aliphatic carbocycles. The quantitative estimate of drug-likeness (QED) is 0.432. The summed E-state index contributed by atoms with van der Waals surface area (Å²) in [5.74, 6) is -0.411. The first-order valence-electron chi connectivity index (χ1n) is 8.48. The predicted octanol–water partition coefficient (Wildman–Crippen LogP) is 5.92. The van der Waals surface area contributed by atoms with Crippen LogP contribution in [0.5, 0.6) is 0 Å². The number of benzene rings is 2. The van der Waals surface area contributed by atoms with Gasteiger partial charge in [-0.25, -0.2) is 4.98 Å². The second-order valence-corrected chi connectivity index (χ2v) is 7.59. The lowest BCUT2D eigenvalue weighted by molar-refractivity contribution is -0.137. The lowest BCUT2D eigenvalue weighted by Gasteiger charge is -2.09. The van der Waals surface area contributed by atoms with Crippen molar-refractivity contribution in [2.45, 2.75) is 12.6 Å². The van der Waals surface area contributed by atoms with Gasteiger partial charge in [0.1, 0.15) is 0 Å². The summed E-state index contributed by atoms with van der Waals surface area (Å²) in [5, 5.41) is 4.95. The van der Waals surface area contributed by atoms with Gasteiger partial charge in [-0.15, -0.1) is 11.3 Å². The number of carbonyl (C=O) groups excluding carboxylic acids is 1. The van der Waals surface area contributed by atoms with E-state index in [-0.39, 0.29) is 12.1 Å². The minimum absolute atomic E-state index is 0.00661. The van der Waals surface area contributed by atoms with E-state index in [9.17, 15) is 18.0 Å². The molecule has 0 aliphatic rings. The van der Waals surface area contributed by atoms with E-state index in [1.54, 1.807) is 21.9 Å². The highest BCUT2D eigenvalue weighted by atomic mass is 35.5. The van der Waals surface area contributed by atoms with Gasteiger partial charge < -0.3 is 5.32 Å². The number of imidazole rings is 1.